The summed E-state index contributed by atoms with van der Waals surface area (Å²) < 4.78 is 12.2. The summed E-state index contributed by atoms with van der Waals surface area (Å²) in [6.45, 7) is 5.24. The molecule has 0 aliphatic carbocycles. The number of ether oxygens (including phenoxy) is 2. The minimum atomic E-state index is -1.42. The molecule has 456 valence electrons. The van der Waals surface area contributed by atoms with Gasteiger partial charge in [0.05, 0.1) is 16.4 Å². The van der Waals surface area contributed by atoms with E-state index in [2.05, 4.69) is 62.3 Å². The van der Waals surface area contributed by atoms with E-state index >= 15 is 14.4 Å². The highest BCUT2D eigenvalue weighted by atomic mass is 32.2. The topological polar surface area (TPSA) is 190 Å². The van der Waals surface area contributed by atoms with Crippen LogP contribution in [0.1, 0.15) is 88.0 Å². The van der Waals surface area contributed by atoms with Crippen LogP contribution in [0.3, 0.4) is 0 Å². The van der Waals surface area contributed by atoms with Crippen LogP contribution in [-0.2, 0) is 39.7 Å². The lowest BCUT2D eigenvalue weighted by molar-refractivity contribution is -0.154. The number of carbonyl (C=O) groups is 4. The zero-order valence-electron chi connectivity index (χ0n) is 49.7. The maximum Gasteiger partial charge on any atom is 0.413 e. The lowest BCUT2D eigenvalue weighted by Gasteiger charge is -2.49. The van der Waals surface area contributed by atoms with Crippen molar-refractivity contribution < 1.29 is 33.5 Å². The third-order valence-corrected chi connectivity index (χ3v) is 20.3. The van der Waals surface area contributed by atoms with E-state index in [0.717, 1.165) is 39.2 Å². The van der Waals surface area contributed by atoms with Crippen molar-refractivity contribution in [1.29, 1.82) is 0 Å². The number of amides is 3. The molecule has 3 amide bonds. The average molecular weight is 1280 g/mol. The highest BCUT2D eigenvalue weighted by molar-refractivity contribution is 8.18. The fourth-order valence-corrected chi connectivity index (χ4v) is 16.5. The average Bonchev–Trinajstić information content (AvgIpc) is 1.12. The Morgan fingerprint density at radius 3 is 1.60 bits per heavy atom. The molecule has 3 N–H and O–H groups in total. The number of rotatable bonds is 22. The number of oxime groups is 1. The number of aromatic amines is 1. The smallest absolute Gasteiger partial charge is 0.413 e. The first kappa shape index (κ1) is 61.7. The van der Waals surface area contributed by atoms with Gasteiger partial charge in [0.15, 0.2) is 16.9 Å². The number of esters is 1. The molecule has 2 aliphatic heterocycles. The second-order valence-corrected chi connectivity index (χ2v) is 26.8. The first-order valence-corrected chi connectivity index (χ1v) is 33.3. The van der Waals surface area contributed by atoms with Gasteiger partial charge in [-0.1, -0.05) is 253 Å². The van der Waals surface area contributed by atoms with Crippen molar-refractivity contribution in [3.63, 3.8) is 0 Å². The minimum Gasteiger partial charge on any atom is -0.448 e. The van der Waals surface area contributed by atoms with E-state index in [1.54, 1.807) is 37.9 Å². The number of β-lactam (4-membered cyclic amide) rings is 1. The van der Waals surface area contributed by atoms with E-state index in [1.165, 1.54) is 28.4 Å². The maximum absolute atomic E-state index is 15.5. The molecule has 8 aromatic carbocycles. The second kappa shape index (κ2) is 27.7. The number of nitrogens with zero attached hydrogens (tertiary/aromatic N) is 5. The van der Waals surface area contributed by atoms with Crippen LogP contribution in [0.5, 0.6) is 0 Å². The lowest BCUT2D eigenvalue weighted by Crippen LogP contribution is -2.71. The van der Waals surface area contributed by atoms with Gasteiger partial charge in [-0.25, -0.2) is 14.6 Å². The third-order valence-electron chi connectivity index (χ3n) is 15.5. The molecule has 10 aromatic rings. The quantitative estimate of drug-likeness (QED) is 0.0145. The molecule has 12 rings (SSSR count). The van der Waals surface area contributed by atoms with Gasteiger partial charge in [-0.05, 0) is 48.6 Å². The number of benzene rings is 8. The van der Waals surface area contributed by atoms with Crippen LogP contribution >= 0.6 is 46.6 Å². The van der Waals surface area contributed by atoms with Gasteiger partial charge < -0.3 is 19.6 Å². The first-order chi connectivity index (χ1) is 44.4. The van der Waals surface area contributed by atoms with Crippen LogP contribution in [0.2, 0.25) is 0 Å². The van der Waals surface area contributed by atoms with Crippen LogP contribution in [-0.4, -0.2) is 82.7 Å². The molecule has 19 heteroatoms. The van der Waals surface area contributed by atoms with Crippen LogP contribution in [0.4, 0.5) is 9.93 Å². The first-order valence-electron chi connectivity index (χ1n) is 29.4. The number of hydrogen-bond acceptors (Lipinski definition) is 15. The summed E-state index contributed by atoms with van der Waals surface area (Å²) in [5.41, 5.74) is 4.24. The molecule has 4 heterocycles. The van der Waals surface area contributed by atoms with E-state index in [4.69, 9.17) is 24.6 Å². The summed E-state index contributed by atoms with van der Waals surface area (Å²) in [5.74, 6) is -1.78. The van der Waals surface area contributed by atoms with Crippen LogP contribution in [0, 0.1) is 0 Å². The van der Waals surface area contributed by atoms with E-state index < -0.39 is 63.3 Å². The summed E-state index contributed by atoms with van der Waals surface area (Å²) in [6, 6.07) is 77.6. The van der Waals surface area contributed by atoms with Gasteiger partial charge in [0.1, 0.15) is 28.4 Å². The lowest BCUT2D eigenvalue weighted by atomic mass is 9.66. The second-order valence-electron chi connectivity index (χ2n) is 22.3. The molecule has 3 atom stereocenters. The molecule has 91 heavy (non-hydrogen) atoms. The number of aromatic nitrogens is 4. The molecule has 2 aromatic heterocycles. The highest BCUT2D eigenvalue weighted by Crippen LogP contribution is 2.56. The van der Waals surface area contributed by atoms with Gasteiger partial charge in [-0.15, -0.1) is 51.7 Å². The van der Waals surface area contributed by atoms with Gasteiger partial charge in [-0.2, -0.15) is 0 Å². The number of fused-ring (bicyclic) bond motifs is 1. The predicted octanol–water partition coefficient (Wildman–Crippen LogP) is 14.5. The van der Waals surface area contributed by atoms with E-state index in [-0.39, 0.29) is 28.0 Å². The van der Waals surface area contributed by atoms with Gasteiger partial charge in [0, 0.05) is 44.0 Å². The van der Waals surface area contributed by atoms with Crippen LogP contribution in [0.15, 0.2) is 270 Å². The largest absolute Gasteiger partial charge is 0.448 e. The number of nitrogens with one attached hydrogen (secondary N) is 3. The van der Waals surface area contributed by atoms with Crippen molar-refractivity contribution in [2.24, 2.45) is 5.16 Å². The van der Waals surface area contributed by atoms with Crippen molar-refractivity contribution in [3.8, 4) is 0 Å². The Labute approximate surface area is 544 Å². The summed E-state index contributed by atoms with van der Waals surface area (Å²) in [6.07, 6.45) is 0.243. The number of anilines is 1. The van der Waals surface area contributed by atoms with Crippen LogP contribution in [0.25, 0.3) is 0 Å². The van der Waals surface area contributed by atoms with Crippen molar-refractivity contribution in [2.45, 2.75) is 60.2 Å². The Bertz CT molecular complexity index is 3940. The third kappa shape index (κ3) is 13.1. The molecule has 0 saturated carbocycles. The van der Waals surface area contributed by atoms with Gasteiger partial charge >= 0.3 is 12.1 Å². The zero-order valence-corrected chi connectivity index (χ0v) is 53.0. The Hall–Kier alpha value is -9.53. The highest BCUT2D eigenvalue weighted by Gasteiger charge is 2.56. The van der Waals surface area contributed by atoms with Crippen molar-refractivity contribution in [3.05, 3.63) is 321 Å². The van der Waals surface area contributed by atoms with E-state index in [1.807, 2.05) is 212 Å². The molecule has 1 unspecified atom stereocenters. The Kier molecular flexibility index (Phi) is 18.8. The fourth-order valence-electron chi connectivity index (χ4n) is 11.5. The molecule has 1 fully saturated rings. The van der Waals surface area contributed by atoms with Crippen molar-refractivity contribution in [1.82, 2.24) is 30.6 Å². The molecule has 1 saturated heterocycles. The van der Waals surface area contributed by atoms with Crippen molar-refractivity contribution in [2.75, 3.05) is 16.2 Å². The molecule has 0 bridgehead atoms. The van der Waals surface area contributed by atoms with E-state index in [0.29, 0.717) is 32.4 Å². The Morgan fingerprint density at radius 1 is 0.670 bits per heavy atom. The molecule has 15 nitrogen and oxygen atoms in total. The number of hydrogen-bond donors (Lipinski definition) is 3. The van der Waals surface area contributed by atoms with Crippen molar-refractivity contribution >= 4 is 81.3 Å². The number of thiazole rings is 1. The molecule has 2 aliphatic rings. The summed E-state index contributed by atoms with van der Waals surface area (Å²) >= 11 is 5.57. The van der Waals surface area contributed by atoms with Gasteiger partial charge in [0.2, 0.25) is 5.60 Å². The summed E-state index contributed by atoms with van der Waals surface area (Å²) in [7, 11) is 0. The molecule has 0 radical (unpaired) electrons. The predicted molar refractivity (Wildman–Crippen MR) is 360 cm³/mol. The maximum atomic E-state index is 15.5. The minimum absolute atomic E-state index is 0.0459. The number of thioether (sulfide) groups is 3. The molecular weight excluding hydrogens is 1220 g/mol. The van der Waals surface area contributed by atoms with Gasteiger partial charge in [-0.3, -0.25) is 24.9 Å². The zero-order chi connectivity index (χ0) is 62.8. The fraction of sp³-hybridized carbons (Fsp3) is 0.167. The number of carbonyl (C=O) groups excluding carboxylic acids is 4. The SMILES string of the molecule is CC(C)(C)OC(=O)Nc1nc(/C(=N/OC(c2ccccc2)(c2ccccc2)c2ccccc2)C(=O)N[C@@H]2C(=O)N3C(C(=O)OC(c4ccccc4)c4ccccc4)=C(SCSC(c4c[nH]nn4)C(c4ccccc4)(c4ccccc4)c4ccccc4)CS[C@@H]23)cs1. The number of H-pyrrole nitrogens is 1. The monoisotopic (exact) mass is 1280 g/mol. The standard InChI is InChI=1S/C72H62N8O7S4/c1-70(2,3)86-69(84)76-68-74-57(45-89-68)59(78-87-72(53-38-22-9-23-39-53,54-40-24-10-25-41-54)55-42-26-11-27-43-55)64(81)75-60-65(82)80-61(67(83)85-62(48-28-12-4-13-29-48)49-30-14-5-15-31-49)58(46-88-66(60)80)90-47-91-63(56-44-73-79-77-56)71(50-32-16-6-17-33-50,51-34-18-7-19-35-51)52-36-20-8-21-37-52/h4-45,60,62-63,66H,46-47H2,1-3H3,(H,75,81)(H,73,77,79)(H,74,76,84)/b78-59-/t60-,63?,66+/m1/s1. The van der Waals surface area contributed by atoms with E-state index in [9.17, 15) is 4.79 Å². The Morgan fingerprint density at radius 2 is 1.14 bits per heavy atom. The summed E-state index contributed by atoms with van der Waals surface area (Å²) in [4.78, 5) is 72.9. The van der Waals surface area contributed by atoms with Gasteiger partial charge in [0.25, 0.3) is 11.8 Å². The molecular formula is C72H62N8O7S4. The molecule has 0 spiro atoms. The van der Waals surface area contributed by atoms with Crippen LogP contribution < -0.4 is 10.6 Å². The summed E-state index contributed by atoms with van der Waals surface area (Å²) in [5, 5.41) is 23.3. The Balaban J connectivity index is 0.911. The normalized spacial score (nSPS) is 15.5.